The summed E-state index contributed by atoms with van der Waals surface area (Å²) in [5.41, 5.74) is 5.75. The number of rotatable bonds is 10. The van der Waals surface area contributed by atoms with Crippen molar-refractivity contribution in [3.8, 4) is 0 Å². The molecule has 1 aromatic carbocycles. The number of anilines is 4. The fourth-order valence-electron chi connectivity index (χ4n) is 3.38. The van der Waals surface area contributed by atoms with Gasteiger partial charge in [-0.2, -0.15) is 4.98 Å². The van der Waals surface area contributed by atoms with E-state index in [2.05, 4.69) is 25.9 Å². The van der Waals surface area contributed by atoms with Crippen molar-refractivity contribution < 1.29 is 32.2 Å². The van der Waals surface area contributed by atoms with Crippen LogP contribution in [-0.4, -0.2) is 135 Å². The molecule has 16 heteroatoms. The maximum atomic E-state index is 12.3. The summed E-state index contributed by atoms with van der Waals surface area (Å²) in [5, 5.41) is 29.9. The van der Waals surface area contributed by atoms with Gasteiger partial charge in [0.25, 0.3) is 11.5 Å². The Morgan fingerprint density at radius 1 is 1.25 bits per heavy atom. The van der Waals surface area contributed by atoms with Gasteiger partial charge in [-0.15, -0.1) is 0 Å². The van der Waals surface area contributed by atoms with E-state index >= 15 is 0 Å². The number of carbonyl (C=O) groups is 4. The second kappa shape index (κ2) is 14.6. The second-order valence-electron chi connectivity index (χ2n) is 7.41. The molecule has 184 valence electrons. The molecule has 0 fully saturated rings. The molecule has 1 aliphatic rings. The third-order valence-corrected chi connectivity index (χ3v) is 5.10. The van der Waals surface area contributed by atoms with Gasteiger partial charge >= 0.3 is 75.5 Å². The summed E-state index contributed by atoms with van der Waals surface area (Å²) in [6.07, 6.45) is -0.386. The number of hydrogen-bond acceptors (Lipinski definition) is 11. The van der Waals surface area contributed by atoms with Crippen LogP contribution < -0.4 is 42.4 Å². The average Bonchev–Trinajstić information content (AvgIpc) is 2.79. The predicted octanol–water partition coefficient (Wildman–Crippen LogP) is -3.94. The minimum atomic E-state index is -1.60. The van der Waals surface area contributed by atoms with Gasteiger partial charge in [-0.3, -0.25) is 19.4 Å². The molecule has 1 aliphatic heterocycles. The molecule has 0 bridgehead atoms. The Bertz CT molecular complexity index is 1170. The van der Waals surface area contributed by atoms with Crippen molar-refractivity contribution in [2.24, 2.45) is 0 Å². The van der Waals surface area contributed by atoms with Crippen LogP contribution in [0.25, 0.3) is 0 Å². The largest absolute Gasteiger partial charge is 2.00 e. The number of nitrogens with zero attached hydrogens (tertiary/aromatic N) is 2. The molecule has 2 heterocycles. The number of aromatic nitrogens is 2. The number of benzene rings is 1. The zero-order chi connectivity index (χ0) is 24.8. The first-order valence-corrected chi connectivity index (χ1v) is 10.1. The molecule has 2 aromatic rings. The molecule has 0 saturated carbocycles. The van der Waals surface area contributed by atoms with Crippen LogP contribution in [0.2, 0.25) is 0 Å². The number of carboxylic acids is 2. The van der Waals surface area contributed by atoms with Gasteiger partial charge in [0, 0.05) is 30.3 Å². The van der Waals surface area contributed by atoms with Gasteiger partial charge < -0.3 is 49.2 Å². The van der Waals surface area contributed by atoms with E-state index in [9.17, 15) is 34.2 Å². The van der Waals surface area contributed by atoms with Crippen LogP contribution in [0.4, 0.5) is 23.1 Å². The molecule has 3 rings (SSSR count). The smallest absolute Gasteiger partial charge is 1.00 e. The number of aromatic amines is 1. The van der Waals surface area contributed by atoms with Crippen LogP contribution in [0.1, 0.15) is 26.1 Å². The van der Waals surface area contributed by atoms with Crippen molar-refractivity contribution in [2.75, 3.05) is 34.4 Å². The van der Waals surface area contributed by atoms with Crippen LogP contribution in [0, 0.1) is 0 Å². The summed E-state index contributed by atoms with van der Waals surface area (Å²) in [6, 6.07) is 4.08. The van der Waals surface area contributed by atoms with E-state index < -0.39 is 41.9 Å². The predicted molar refractivity (Wildman–Crippen MR) is 129 cm³/mol. The van der Waals surface area contributed by atoms with E-state index in [0.29, 0.717) is 18.6 Å². The number of fused-ring (bicyclic) bond motifs is 1. The van der Waals surface area contributed by atoms with Crippen molar-refractivity contribution in [3.05, 3.63) is 40.2 Å². The molecule has 36 heavy (non-hydrogen) atoms. The molecule has 2 atom stereocenters. The van der Waals surface area contributed by atoms with Crippen molar-refractivity contribution in [1.82, 2.24) is 15.3 Å². The van der Waals surface area contributed by atoms with Crippen LogP contribution in [0.5, 0.6) is 0 Å². The summed E-state index contributed by atoms with van der Waals surface area (Å²) in [5.74, 6) is -3.63. The number of carbonyl (C=O) groups excluding carboxylic acids is 4. The summed E-state index contributed by atoms with van der Waals surface area (Å²) in [4.78, 5) is 65.4. The number of carboxylic acid groups (broad SMARTS) is 2. The summed E-state index contributed by atoms with van der Waals surface area (Å²) in [6.45, 7) is 0.544. The average molecular weight is 554 g/mol. The summed E-state index contributed by atoms with van der Waals surface area (Å²) in [7, 11) is 0. The van der Waals surface area contributed by atoms with Gasteiger partial charge in [-0.05, 0) is 37.1 Å². The molecule has 0 saturated heterocycles. The van der Waals surface area contributed by atoms with Gasteiger partial charge in [0.2, 0.25) is 12.4 Å². The standard InChI is InChI=1S/C20H23N7O7.2Ca.2H/c21-20-25-16-15(18(32)26-20)27(9-28)12(8-23-16)7-22-11-3-1-10(2-4-11)17(31)24-13(19(33)34)5-6-14(29)30;;;;/h1-4,9,12-13,22H,5-8H2,(H,24,31)(H,29,30)(H,33,34)(H4,21,23,25,26,32);;;;/q;2*+2;2*-1/p-2. The van der Waals surface area contributed by atoms with E-state index in [1.165, 1.54) is 17.0 Å². The first-order valence-electron chi connectivity index (χ1n) is 10.1. The van der Waals surface area contributed by atoms with E-state index in [4.69, 9.17) is 5.73 Å². The molecule has 0 radical (unpaired) electrons. The number of nitrogen functional groups attached to an aromatic ring is 1. The van der Waals surface area contributed by atoms with E-state index in [-0.39, 0.29) is 114 Å². The molecule has 14 nitrogen and oxygen atoms in total. The van der Waals surface area contributed by atoms with Gasteiger partial charge in [-0.25, -0.2) is 0 Å². The number of aliphatic carboxylic acids is 2. The zero-order valence-corrected chi connectivity index (χ0v) is 23.5. The normalized spacial score (nSPS) is 14.6. The van der Waals surface area contributed by atoms with Crippen LogP contribution in [0.3, 0.4) is 0 Å². The van der Waals surface area contributed by atoms with Gasteiger partial charge in [-0.1, -0.05) is 0 Å². The molecule has 0 spiro atoms. The van der Waals surface area contributed by atoms with Crippen molar-refractivity contribution in [2.45, 2.75) is 24.9 Å². The number of hydrogen-bond donors (Lipinski definition) is 5. The fourth-order valence-corrected chi connectivity index (χ4v) is 3.38. The quantitative estimate of drug-likeness (QED) is 0.141. The summed E-state index contributed by atoms with van der Waals surface area (Å²) >= 11 is 0. The second-order valence-corrected chi connectivity index (χ2v) is 7.41. The Hall–Kier alpha value is -2.10. The number of H-pyrrole nitrogens is 1. The van der Waals surface area contributed by atoms with Gasteiger partial charge in [0.1, 0.15) is 0 Å². The summed E-state index contributed by atoms with van der Waals surface area (Å²) < 4.78 is 0. The van der Waals surface area contributed by atoms with Crippen molar-refractivity contribution >= 4 is 123 Å². The number of amides is 2. The molecular formula is C20H23Ca2N7O7. The fraction of sp³-hybridized carbons (Fsp3) is 0.300. The SMILES string of the molecule is Nc1nc2c(c(=O)[nH]1)N(C=O)C(CNc1ccc(C(=O)NC(CCC(=O)[O-])C(=O)[O-])cc1)CN2.[Ca+2].[Ca+2].[H-].[H-]. The Balaban J connectivity index is 0. The monoisotopic (exact) mass is 553 g/mol. The van der Waals surface area contributed by atoms with E-state index in [1.807, 2.05) is 0 Å². The van der Waals surface area contributed by atoms with Crippen LogP contribution in [0.15, 0.2) is 29.1 Å². The van der Waals surface area contributed by atoms with Gasteiger partial charge in [0.15, 0.2) is 11.5 Å². The third-order valence-electron chi connectivity index (χ3n) is 5.10. The minimum Gasteiger partial charge on any atom is -1.00 e. The topological polar surface area (TPSA) is 225 Å². The first-order chi connectivity index (χ1) is 16.2. The van der Waals surface area contributed by atoms with Crippen LogP contribution >= 0.6 is 0 Å². The number of nitrogens with two attached hydrogens (primary N) is 1. The van der Waals surface area contributed by atoms with E-state index in [0.717, 1.165) is 0 Å². The molecule has 6 N–H and O–H groups in total. The maximum Gasteiger partial charge on any atom is 2.00 e. The molecule has 2 unspecified atom stereocenters. The Morgan fingerprint density at radius 2 is 1.92 bits per heavy atom. The maximum absolute atomic E-state index is 12.3. The molecular weight excluding hydrogens is 530 g/mol. The van der Waals surface area contributed by atoms with Crippen LogP contribution in [-0.2, 0) is 14.4 Å². The molecule has 0 aliphatic carbocycles. The van der Waals surface area contributed by atoms with E-state index in [1.54, 1.807) is 12.1 Å². The van der Waals surface area contributed by atoms with Crippen molar-refractivity contribution in [3.63, 3.8) is 0 Å². The molecule has 1 aromatic heterocycles. The van der Waals surface area contributed by atoms with Crippen molar-refractivity contribution in [1.29, 1.82) is 0 Å². The minimum absolute atomic E-state index is 0. The Labute approximate surface area is 267 Å². The Morgan fingerprint density at radius 3 is 2.50 bits per heavy atom. The van der Waals surface area contributed by atoms with Gasteiger partial charge in [0.05, 0.1) is 18.1 Å². The number of nitrogens with one attached hydrogen (secondary N) is 4. The first kappa shape index (κ1) is 31.9. The molecule has 2 amide bonds. The third kappa shape index (κ3) is 8.21. The zero-order valence-electron chi connectivity index (χ0n) is 21.1. The Kier molecular flexibility index (Phi) is 12.9.